The fourth-order valence-electron chi connectivity index (χ4n) is 3.77. The van der Waals surface area contributed by atoms with Crippen LogP contribution < -0.4 is 10.9 Å². The number of benzene rings is 2. The number of nitrogens with one attached hydrogen (secondary N) is 1. The SMILES string of the molecule is CN(C)CCCCOC(=O)Nc1ccc(Cn2nc(-c3cccnc3)c3ccccc3c2=O)cc1. The van der Waals surface area contributed by atoms with Crippen molar-refractivity contribution in [2.45, 2.75) is 19.4 Å². The zero-order valence-corrected chi connectivity index (χ0v) is 20.0. The number of rotatable bonds is 9. The summed E-state index contributed by atoms with van der Waals surface area (Å²) in [6.07, 6.45) is 4.76. The molecule has 1 N–H and O–H groups in total. The number of pyridine rings is 1. The standard InChI is InChI=1S/C27H29N5O3/c1-31(2)16-5-6-17-35-27(34)29-22-13-11-20(12-14-22)19-32-26(33)24-10-4-3-9-23(24)25(30-32)21-8-7-15-28-18-21/h3-4,7-15,18H,5-6,16-17,19H2,1-2H3,(H,29,34). The number of carbonyl (C=O) groups excluding carboxylic acids is 1. The molecule has 0 spiro atoms. The van der Waals surface area contributed by atoms with Crippen molar-refractivity contribution in [3.05, 3.63) is 89.0 Å². The van der Waals surface area contributed by atoms with Gasteiger partial charge in [-0.05, 0) is 69.4 Å². The van der Waals surface area contributed by atoms with Crippen LogP contribution in [0.4, 0.5) is 10.5 Å². The summed E-state index contributed by atoms with van der Waals surface area (Å²) in [4.78, 5) is 31.4. The third kappa shape index (κ3) is 6.30. The van der Waals surface area contributed by atoms with Crippen molar-refractivity contribution < 1.29 is 9.53 Å². The maximum atomic E-state index is 13.1. The van der Waals surface area contributed by atoms with E-state index in [0.717, 1.165) is 35.9 Å². The van der Waals surface area contributed by atoms with Crippen molar-refractivity contribution in [1.82, 2.24) is 19.7 Å². The van der Waals surface area contributed by atoms with Crippen LogP contribution in [0.2, 0.25) is 0 Å². The van der Waals surface area contributed by atoms with Crippen LogP contribution in [-0.4, -0.2) is 53.0 Å². The molecule has 180 valence electrons. The number of hydrogen-bond donors (Lipinski definition) is 1. The van der Waals surface area contributed by atoms with Crippen LogP contribution in [0.5, 0.6) is 0 Å². The Morgan fingerprint density at radius 2 is 1.77 bits per heavy atom. The molecule has 0 unspecified atom stereocenters. The Kier molecular flexibility index (Phi) is 7.84. The van der Waals surface area contributed by atoms with Crippen LogP contribution in [-0.2, 0) is 11.3 Å². The lowest BCUT2D eigenvalue weighted by Gasteiger charge is -2.12. The number of ether oxygens (including phenoxy) is 1. The van der Waals surface area contributed by atoms with Gasteiger partial charge in [-0.15, -0.1) is 0 Å². The van der Waals surface area contributed by atoms with E-state index in [-0.39, 0.29) is 5.56 Å². The molecule has 0 atom stereocenters. The first-order chi connectivity index (χ1) is 17.0. The zero-order valence-electron chi connectivity index (χ0n) is 20.0. The lowest BCUT2D eigenvalue weighted by atomic mass is 10.1. The van der Waals surface area contributed by atoms with Crippen molar-refractivity contribution >= 4 is 22.6 Å². The second-order valence-electron chi connectivity index (χ2n) is 8.57. The minimum Gasteiger partial charge on any atom is -0.449 e. The molecule has 2 aromatic heterocycles. The topological polar surface area (TPSA) is 89.3 Å². The quantitative estimate of drug-likeness (QED) is 0.364. The summed E-state index contributed by atoms with van der Waals surface area (Å²) in [6.45, 7) is 1.65. The van der Waals surface area contributed by atoms with Crippen molar-refractivity contribution in [3.8, 4) is 11.3 Å². The summed E-state index contributed by atoms with van der Waals surface area (Å²) in [6, 6.07) is 18.5. The van der Waals surface area contributed by atoms with E-state index < -0.39 is 6.09 Å². The lowest BCUT2D eigenvalue weighted by molar-refractivity contribution is 0.158. The van der Waals surface area contributed by atoms with Gasteiger partial charge in [0.1, 0.15) is 5.69 Å². The fraction of sp³-hybridized carbons (Fsp3) is 0.259. The molecule has 0 saturated carbocycles. The minimum atomic E-state index is -0.476. The van der Waals surface area contributed by atoms with Crippen LogP contribution in [0.3, 0.4) is 0 Å². The first kappa shape index (κ1) is 24.1. The van der Waals surface area contributed by atoms with Gasteiger partial charge in [0.25, 0.3) is 5.56 Å². The normalized spacial score (nSPS) is 11.1. The van der Waals surface area contributed by atoms with Crippen LogP contribution in [0, 0.1) is 0 Å². The van der Waals surface area contributed by atoms with E-state index in [2.05, 4.69) is 20.3 Å². The predicted molar refractivity (Wildman–Crippen MR) is 138 cm³/mol. The Hall–Kier alpha value is -4.04. The molecule has 2 heterocycles. The van der Waals surface area contributed by atoms with Gasteiger partial charge < -0.3 is 9.64 Å². The van der Waals surface area contributed by atoms with Gasteiger partial charge in [-0.2, -0.15) is 5.10 Å². The minimum absolute atomic E-state index is 0.159. The number of anilines is 1. The molecule has 0 aliphatic carbocycles. The van der Waals surface area contributed by atoms with Crippen LogP contribution in [0.1, 0.15) is 18.4 Å². The van der Waals surface area contributed by atoms with Crippen LogP contribution >= 0.6 is 0 Å². The number of hydrogen-bond acceptors (Lipinski definition) is 6. The van der Waals surface area contributed by atoms with Gasteiger partial charge in [0.15, 0.2) is 0 Å². The van der Waals surface area contributed by atoms with Crippen LogP contribution in [0.15, 0.2) is 77.9 Å². The Balaban J connectivity index is 1.46. The van der Waals surface area contributed by atoms with E-state index in [1.54, 1.807) is 24.5 Å². The zero-order chi connectivity index (χ0) is 24.6. The Morgan fingerprint density at radius 1 is 1.00 bits per heavy atom. The largest absolute Gasteiger partial charge is 0.449 e. The summed E-state index contributed by atoms with van der Waals surface area (Å²) in [5.41, 5.74) is 2.90. The average Bonchev–Trinajstić information content (AvgIpc) is 2.87. The van der Waals surface area contributed by atoms with E-state index >= 15 is 0 Å². The smallest absolute Gasteiger partial charge is 0.411 e. The van der Waals surface area contributed by atoms with Crippen molar-refractivity contribution in [1.29, 1.82) is 0 Å². The second kappa shape index (κ2) is 11.4. The van der Waals surface area contributed by atoms with Gasteiger partial charge in [0, 0.05) is 29.0 Å². The molecule has 8 heteroatoms. The Bertz CT molecular complexity index is 1330. The number of unbranched alkanes of at least 4 members (excludes halogenated alkanes) is 1. The predicted octanol–water partition coefficient (Wildman–Crippen LogP) is 4.40. The van der Waals surface area contributed by atoms with Crippen molar-refractivity contribution in [2.75, 3.05) is 32.6 Å². The molecule has 35 heavy (non-hydrogen) atoms. The summed E-state index contributed by atoms with van der Waals surface area (Å²) >= 11 is 0. The Labute approximate surface area is 204 Å². The highest BCUT2D eigenvalue weighted by Gasteiger charge is 2.13. The second-order valence-corrected chi connectivity index (χ2v) is 8.57. The third-order valence-electron chi connectivity index (χ3n) is 5.57. The molecule has 4 aromatic rings. The number of fused-ring (bicyclic) bond motifs is 1. The fourth-order valence-corrected chi connectivity index (χ4v) is 3.77. The van der Waals surface area contributed by atoms with Gasteiger partial charge in [-0.3, -0.25) is 15.1 Å². The summed E-state index contributed by atoms with van der Waals surface area (Å²) in [7, 11) is 4.03. The molecule has 0 radical (unpaired) electrons. The highest BCUT2D eigenvalue weighted by molar-refractivity contribution is 5.93. The highest BCUT2D eigenvalue weighted by Crippen LogP contribution is 2.24. The summed E-state index contributed by atoms with van der Waals surface area (Å²) in [5.74, 6) is 0. The number of aromatic nitrogens is 3. The van der Waals surface area contributed by atoms with Crippen LogP contribution in [0.25, 0.3) is 22.0 Å². The first-order valence-electron chi connectivity index (χ1n) is 11.6. The monoisotopic (exact) mass is 471 g/mol. The molecule has 0 fully saturated rings. The van der Waals surface area contributed by atoms with E-state index in [0.29, 0.717) is 29.9 Å². The lowest BCUT2D eigenvalue weighted by Crippen LogP contribution is -2.24. The summed E-state index contributed by atoms with van der Waals surface area (Å²) in [5, 5.41) is 8.80. The van der Waals surface area contributed by atoms with Gasteiger partial charge in [-0.25, -0.2) is 9.48 Å². The average molecular weight is 472 g/mol. The number of amides is 1. The van der Waals surface area contributed by atoms with E-state index in [4.69, 9.17) is 4.74 Å². The molecular weight excluding hydrogens is 442 g/mol. The molecule has 0 bridgehead atoms. The molecule has 4 rings (SSSR count). The van der Waals surface area contributed by atoms with E-state index in [1.165, 1.54) is 4.68 Å². The maximum absolute atomic E-state index is 13.1. The van der Waals surface area contributed by atoms with E-state index in [9.17, 15) is 9.59 Å². The third-order valence-corrected chi connectivity index (χ3v) is 5.57. The van der Waals surface area contributed by atoms with Crippen molar-refractivity contribution in [3.63, 3.8) is 0 Å². The number of carbonyl (C=O) groups is 1. The highest BCUT2D eigenvalue weighted by atomic mass is 16.5. The molecule has 2 aromatic carbocycles. The maximum Gasteiger partial charge on any atom is 0.411 e. The van der Waals surface area contributed by atoms with Crippen molar-refractivity contribution in [2.24, 2.45) is 0 Å². The molecule has 0 aliphatic heterocycles. The molecule has 0 aliphatic rings. The van der Waals surface area contributed by atoms with Gasteiger partial charge in [-0.1, -0.05) is 30.3 Å². The Morgan fingerprint density at radius 3 is 2.49 bits per heavy atom. The molecule has 8 nitrogen and oxygen atoms in total. The van der Waals surface area contributed by atoms with Gasteiger partial charge in [0.05, 0.1) is 18.5 Å². The van der Waals surface area contributed by atoms with E-state index in [1.807, 2.05) is 62.6 Å². The molecule has 1 amide bonds. The first-order valence-corrected chi connectivity index (χ1v) is 11.6. The number of nitrogens with zero attached hydrogens (tertiary/aromatic N) is 4. The molecular formula is C27H29N5O3. The summed E-state index contributed by atoms with van der Waals surface area (Å²) < 4.78 is 6.70. The molecule has 0 saturated heterocycles. The van der Waals surface area contributed by atoms with Gasteiger partial charge >= 0.3 is 6.09 Å². The van der Waals surface area contributed by atoms with Gasteiger partial charge in [0.2, 0.25) is 0 Å².